The Morgan fingerprint density at radius 1 is 1.33 bits per heavy atom. The van der Waals surface area contributed by atoms with Crippen LogP contribution >= 0.6 is 27.5 Å². The molecule has 1 aromatic heterocycles. The van der Waals surface area contributed by atoms with Gasteiger partial charge in [-0.3, -0.25) is 9.48 Å². The Morgan fingerprint density at radius 3 is 2.63 bits per heavy atom. The third kappa shape index (κ3) is 3.47. The lowest BCUT2D eigenvalue weighted by Crippen LogP contribution is -2.16. The zero-order chi connectivity index (χ0) is 19.3. The van der Waals surface area contributed by atoms with E-state index in [9.17, 15) is 9.18 Å². The van der Waals surface area contributed by atoms with E-state index in [1.165, 1.54) is 31.0 Å². The van der Waals surface area contributed by atoms with E-state index in [1.54, 1.807) is 11.7 Å². The minimum Gasteiger partial charge on any atom is -0.383 e. The Kier molecular flexibility index (Phi) is 4.93. The number of hydrogen-bond donors (Lipinski definition) is 2. The highest BCUT2D eigenvalue weighted by molar-refractivity contribution is 9.09. The molecule has 3 N–H and O–H groups in total. The molecule has 2 aromatic rings. The summed E-state index contributed by atoms with van der Waals surface area (Å²) in [6.07, 6.45) is 4.43. The molecule has 0 radical (unpaired) electrons. The largest absolute Gasteiger partial charge is 0.383 e. The van der Waals surface area contributed by atoms with Crippen LogP contribution < -0.4 is 11.1 Å². The van der Waals surface area contributed by atoms with Gasteiger partial charge in [-0.15, -0.1) is 0 Å². The number of nitrogens with zero attached hydrogens (tertiary/aromatic N) is 2. The number of carbonyl (C=O) groups excluding carboxylic acids is 1. The number of alkyl halides is 1. The topological polar surface area (TPSA) is 72.9 Å². The summed E-state index contributed by atoms with van der Waals surface area (Å²) in [7, 11) is 1.74. The highest BCUT2D eigenvalue weighted by Gasteiger charge is 2.43. The van der Waals surface area contributed by atoms with Gasteiger partial charge in [0.15, 0.2) is 0 Å². The lowest BCUT2D eigenvalue weighted by molar-refractivity contribution is 0.102. The third-order valence-electron chi connectivity index (χ3n) is 5.87. The van der Waals surface area contributed by atoms with Gasteiger partial charge in [-0.2, -0.15) is 5.10 Å². The minimum absolute atomic E-state index is 0.0415. The fourth-order valence-electron chi connectivity index (χ4n) is 4.61. The van der Waals surface area contributed by atoms with Gasteiger partial charge >= 0.3 is 0 Å². The zero-order valence-corrected chi connectivity index (χ0v) is 17.2. The van der Waals surface area contributed by atoms with Crippen LogP contribution in [0.25, 0.3) is 0 Å². The average molecular weight is 456 g/mol. The Balaban J connectivity index is 1.59. The van der Waals surface area contributed by atoms with Crippen molar-refractivity contribution in [2.24, 2.45) is 18.9 Å². The van der Waals surface area contributed by atoms with E-state index in [0.29, 0.717) is 33.7 Å². The molecule has 4 rings (SSSR count). The minimum atomic E-state index is -0.529. The second kappa shape index (κ2) is 7.09. The maximum absolute atomic E-state index is 13.4. The normalized spacial score (nSPS) is 27.0. The number of aryl methyl sites for hydroxylation is 1. The van der Waals surface area contributed by atoms with Crippen molar-refractivity contribution in [2.75, 3.05) is 11.1 Å². The Hall–Kier alpha value is -1.60. The number of rotatable bonds is 3. The molecule has 2 aliphatic carbocycles. The highest BCUT2D eigenvalue weighted by atomic mass is 79.9. The summed E-state index contributed by atoms with van der Waals surface area (Å²) in [6.45, 7) is 0. The molecule has 8 heteroatoms. The second-order valence-corrected chi connectivity index (χ2v) is 9.31. The summed E-state index contributed by atoms with van der Waals surface area (Å²) < 4.78 is 14.9. The maximum Gasteiger partial charge on any atom is 0.261 e. The molecule has 0 spiro atoms. The van der Waals surface area contributed by atoms with Crippen LogP contribution in [0.3, 0.4) is 0 Å². The van der Waals surface area contributed by atoms with E-state index >= 15 is 0 Å². The number of benzene rings is 1. The van der Waals surface area contributed by atoms with Crippen molar-refractivity contribution in [1.29, 1.82) is 0 Å². The van der Waals surface area contributed by atoms with Crippen LogP contribution in [0.15, 0.2) is 18.2 Å². The van der Waals surface area contributed by atoms with Gasteiger partial charge in [-0.25, -0.2) is 4.39 Å². The van der Waals surface area contributed by atoms with Crippen LogP contribution in [-0.2, 0) is 7.05 Å². The first kappa shape index (κ1) is 18.7. The summed E-state index contributed by atoms with van der Waals surface area (Å²) in [5, 5.41) is 7.30. The van der Waals surface area contributed by atoms with E-state index in [0.717, 1.165) is 18.5 Å². The molecule has 2 fully saturated rings. The average Bonchev–Trinajstić information content (AvgIpc) is 3.22. The predicted octanol–water partition coefficient (Wildman–Crippen LogP) is 4.71. The molecule has 0 saturated heterocycles. The van der Waals surface area contributed by atoms with Gasteiger partial charge < -0.3 is 11.1 Å². The van der Waals surface area contributed by atoms with Crippen LogP contribution in [0.5, 0.6) is 0 Å². The number of fused-ring (bicyclic) bond motifs is 1. The van der Waals surface area contributed by atoms with Crippen LogP contribution in [-0.4, -0.2) is 20.5 Å². The third-order valence-corrected chi connectivity index (χ3v) is 6.91. The summed E-state index contributed by atoms with van der Waals surface area (Å²) in [6, 6.07) is 4.08. The van der Waals surface area contributed by atoms with E-state index < -0.39 is 5.82 Å². The molecule has 2 unspecified atom stereocenters. The first-order chi connectivity index (χ1) is 12.8. The molecule has 2 atom stereocenters. The number of aromatic nitrogens is 2. The number of nitrogens with two attached hydrogens (primary N) is 1. The number of nitrogens with one attached hydrogen (secondary N) is 1. The summed E-state index contributed by atoms with van der Waals surface area (Å²) in [4.78, 5) is 13.5. The molecule has 0 aliphatic heterocycles. The zero-order valence-electron chi connectivity index (χ0n) is 14.9. The smallest absolute Gasteiger partial charge is 0.261 e. The van der Waals surface area contributed by atoms with E-state index in [4.69, 9.17) is 17.3 Å². The summed E-state index contributed by atoms with van der Waals surface area (Å²) >= 11 is 9.54. The van der Waals surface area contributed by atoms with Gasteiger partial charge in [-0.05, 0) is 55.7 Å². The summed E-state index contributed by atoms with van der Waals surface area (Å²) in [5.41, 5.74) is 7.77. The van der Waals surface area contributed by atoms with Gasteiger partial charge in [0.2, 0.25) is 0 Å². The first-order valence-corrected chi connectivity index (χ1v) is 10.4. The molecule has 5 nitrogen and oxygen atoms in total. The number of nitrogen functional groups attached to an aromatic ring is 1. The van der Waals surface area contributed by atoms with Gasteiger partial charge in [0, 0.05) is 23.5 Å². The van der Waals surface area contributed by atoms with Gasteiger partial charge in [0.25, 0.3) is 5.91 Å². The van der Waals surface area contributed by atoms with E-state index in [1.807, 2.05) is 0 Å². The predicted molar refractivity (Wildman–Crippen MR) is 108 cm³/mol. The standard InChI is InChI=1S/C19H21BrClFN4O/c1-26-18(23)16(19(27)24-13-2-3-15(22)14(21)8-13)17(25-26)11-4-9-6-12(20)7-10(9)5-11/h2-3,8-12H,4-7,23H2,1H3,(H,24,27). The van der Waals surface area contributed by atoms with Crippen molar-refractivity contribution in [3.8, 4) is 0 Å². The number of amides is 1. The molecule has 0 bridgehead atoms. The van der Waals surface area contributed by atoms with Crippen LogP contribution in [0.1, 0.15) is 47.7 Å². The number of anilines is 2. The fourth-order valence-corrected chi connectivity index (χ4v) is 5.75. The van der Waals surface area contributed by atoms with Crippen molar-refractivity contribution in [3.05, 3.63) is 40.3 Å². The first-order valence-electron chi connectivity index (χ1n) is 9.06. The van der Waals surface area contributed by atoms with Crippen molar-refractivity contribution >= 4 is 44.9 Å². The molecule has 1 amide bonds. The Morgan fingerprint density at radius 2 is 2.00 bits per heavy atom. The SMILES string of the molecule is Cn1nc(C2CC3CC(Br)CC3C2)c(C(=O)Nc2ccc(F)c(Cl)c2)c1N. The van der Waals surface area contributed by atoms with Crippen LogP contribution in [0.2, 0.25) is 5.02 Å². The van der Waals surface area contributed by atoms with Crippen molar-refractivity contribution in [1.82, 2.24) is 9.78 Å². The molecule has 1 aromatic carbocycles. The summed E-state index contributed by atoms with van der Waals surface area (Å²) in [5.74, 6) is 1.06. The van der Waals surface area contributed by atoms with Gasteiger partial charge in [0.05, 0.1) is 10.7 Å². The van der Waals surface area contributed by atoms with Crippen LogP contribution in [0, 0.1) is 17.7 Å². The lowest BCUT2D eigenvalue weighted by Gasteiger charge is -2.12. The molecule has 2 saturated carbocycles. The fraction of sp³-hybridized carbons (Fsp3) is 0.474. The monoisotopic (exact) mass is 454 g/mol. The molecule has 1 heterocycles. The molecule has 27 heavy (non-hydrogen) atoms. The van der Waals surface area contributed by atoms with Gasteiger partial charge in [0.1, 0.15) is 17.2 Å². The quantitative estimate of drug-likeness (QED) is 0.658. The van der Waals surface area contributed by atoms with Crippen molar-refractivity contribution in [2.45, 2.75) is 36.4 Å². The van der Waals surface area contributed by atoms with E-state index in [2.05, 4.69) is 26.3 Å². The van der Waals surface area contributed by atoms with Gasteiger partial charge in [-0.1, -0.05) is 27.5 Å². The molecular weight excluding hydrogens is 435 g/mol. The van der Waals surface area contributed by atoms with Crippen LogP contribution in [0.4, 0.5) is 15.9 Å². The Labute approximate surface area is 170 Å². The lowest BCUT2D eigenvalue weighted by atomic mass is 9.96. The van der Waals surface area contributed by atoms with E-state index in [-0.39, 0.29) is 16.8 Å². The second-order valence-electron chi connectivity index (χ2n) is 7.61. The molecular formula is C19H21BrClFN4O. The number of carbonyl (C=O) groups is 1. The maximum atomic E-state index is 13.4. The van der Waals surface area contributed by atoms with Crippen molar-refractivity contribution < 1.29 is 9.18 Å². The number of halogens is 3. The Bertz CT molecular complexity index is 888. The highest BCUT2D eigenvalue weighted by Crippen LogP contribution is 2.52. The molecule has 144 valence electrons. The van der Waals surface area contributed by atoms with Crippen molar-refractivity contribution in [3.63, 3.8) is 0 Å². The molecule has 2 aliphatic rings. The number of hydrogen-bond acceptors (Lipinski definition) is 3.